The molecule has 1 saturated heterocycles. The molecule has 0 amide bonds. The molecule has 0 N–H and O–H groups in total. The van der Waals surface area contributed by atoms with Crippen molar-refractivity contribution in [2.45, 2.75) is 71.3 Å². The van der Waals surface area contributed by atoms with Gasteiger partial charge in [-0.05, 0) is 31.1 Å². The van der Waals surface area contributed by atoms with Crippen LogP contribution in [0, 0.1) is 5.41 Å². The van der Waals surface area contributed by atoms with Gasteiger partial charge in [-0.15, -0.1) is 0 Å². The first-order valence-electron chi connectivity index (χ1n) is 7.63. The highest BCUT2D eigenvalue weighted by atomic mass is 15.2. The molecule has 0 radical (unpaired) electrons. The van der Waals surface area contributed by atoms with Crippen molar-refractivity contribution in [2.75, 3.05) is 6.54 Å². The summed E-state index contributed by atoms with van der Waals surface area (Å²) in [5, 5.41) is 0. The zero-order chi connectivity index (χ0) is 12.8. The van der Waals surface area contributed by atoms with E-state index in [1.54, 1.807) is 0 Å². The van der Waals surface area contributed by atoms with Gasteiger partial charge in [-0.25, -0.2) is 0 Å². The first-order valence-corrected chi connectivity index (χ1v) is 7.63. The Morgan fingerprint density at radius 2 is 1.83 bits per heavy atom. The molecule has 1 fully saturated rings. The monoisotopic (exact) mass is 248 g/mol. The minimum Gasteiger partial charge on any atom is -0.368 e. The summed E-state index contributed by atoms with van der Waals surface area (Å²) in [6, 6.07) is 0.558. The van der Waals surface area contributed by atoms with Gasteiger partial charge in [0.05, 0.1) is 6.04 Å². The molecule has 102 valence electrons. The first kappa shape index (κ1) is 13.6. The lowest BCUT2D eigenvalue weighted by Crippen LogP contribution is -2.34. The maximum atomic E-state index is 4.31. The average molecular weight is 248 g/mol. The molecule has 2 heteroatoms. The van der Waals surface area contributed by atoms with Crippen molar-refractivity contribution in [1.82, 2.24) is 4.90 Å². The minimum atomic E-state index is 0.553. The van der Waals surface area contributed by atoms with Gasteiger partial charge < -0.3 is 4.90 Å². The van der Waals surface area contributed by atoms with Crippen LogP contribution in [-0.4, -0.2) is 23.7 Å². The summed E-state index contributed by atoms with van der Waals surface area (Å²) in [6.45, 7) is 6.08. The molecule has 2 heterocycles. The molecule has 0 aromatic heterocycles. The molecule has 0 aromatic carbocycles. The van der Waals surface area contributed by atoms with Crippen molar-refractivity contribution >= 4 is 6.21 Å². The van der Waals surface area contributed by atoms with Crippen LogP contribution in [0.3, 0.4) is 0 Å². The number of nitrogens with zero attached hydrogens (tertiary/aromatic N) is 2. The maximum absolute atomic E-state index is 4.31. The van der Waals surface area contributed by atoms with Crippen LogP contribution in [0.4, 0.5) is 0 Å². The molecule has 0 aliphatic carbocycles. The van der Waals surface area contributed by atoms with Crippen molar-refractivity contribution in [1.29, 1.82) is 0 Å². The largest absolute Gasteiger partial charge is 0.368 e. The van der Waals surface area contributed by atoms with Crippen LogP contribution in [0.25, 0.3) is 0 Å². The lowest BCUT2D eigenvalue weighted by Gasteiger charge is -2.31. The smallest absolute Gasteiger partial charge is 0.0639 e. The lowest BCUT2D eigenvalue weighted by molar-refractivity contribution is 0.252. The highest BCUT2D eigenvalue weighted by molar-refractivity contribution is 5.66. The predicted octanol–water partition coefficient (Wildman–Crippen LogP) is 4.37. The van der Waals surface area contributed by atoms with Gasteiger partial charge in [-0.1, -0.05) is 39.5 Å². The Labute approximate surface area is 112 Å². The Morgan fingerprint density at radius 3 is 2.67 bits per heavy atom. The van der Waals surface area contributed by atoms with E-state index in [1.807, 2.05) is 6.20 Å². The fraction of sp³-hybridized carbons (Fsp3) is 0.812. The number of rotatable bonds is 0. The summed E-state index contributed by atoms with van der Waals surface area (Å²) in [4.78, 5) is 6.79. The Morgan fingerprint density at radius 1 is 1.06 bits per heavy atom. The summed E-state index contributed by atoms with van der Waals surface area (Å²) >= 11 is 0. The standard InChI is InChI=1S/C16H28N2/c1-16(2)9-5-3-4-8-15-14-17-11-13-18(15)12-7-6-10-16/h11,13-15H,3-10,12H2,1-2H3. The molecule has 0 bridgehead atoms. The normalized spacial score (nSPS) is 29.2. The van der Waals surface area contributed by atoms with E-state index in [0.717, 1.165) is 0 Å². The molecule has 2 aliphatic rings. The predicted molar refractivity (Wildman–Crippen MR) is 78.8 cm³/mol. The fourth-order valence-corrected chi connectivity index (χ4v) is 3.11. The highest BCUT2D eigenvalue weighted by Gasteiger charge is 2.20. The van der Waals surface area contributed by atoms with Gasteiger partial charge in [-0.3, -0.25) is 4.99 Å². The summed E-state index contributed by atoms with van der Waals surface area (Å²) in [5.41, 5.74) is 0.553. The van der Waals surface area contributed by atoms with Crippen LogP contribution in [-0.2, 0) is 0 Å². The second-order valence-corrected chi connectivity index (χ2v) is 6.62. The van der Waals surface area contributed by atoms with Gasteiger partial charge in [0.15, 0.2) is 0 Å². The number of hydrogen-bond donors (Lipinski definition) is 0. The third-order valence-corrected chi connectivity index (χ3v) is 4.40. The van der Waals surface area contributed by atoms with Crippen LogP contribution >= 0.6 is 0 Å². The van der Waals surface area contributed by atoms with Crippen LogP contribution < -0.4 is 0 Å². The number of hydrogen-bond acceptors (Lipinski definition) is 2. The van der Waals surface area contributed by atoms with Gasteiger partial charge in [0.1, 0.15) is 0 Å². The summed E-state index contributed by atoms with van der Waals surface area (Å²) in [5.74, 6) is 0. The van der Waals surface area contributed by atoms with E-state index in [-0.39, 0.29) is 0 Å². The highest BCUT2D eigenvalue weighted by Crippen LogP contribution is 2.30. The Bertz CT molecular complexity index is 304. The summed E-state index contributed by atoms with van der Waals surface area (Å²) < 4.78 is 0. The third-order valence-electron chi connectivity index (χ3n) is 4.40. The van der Waals surface area contributed by atoms with E-state index < -0.39 is 0 Å². The van der Waals surface area contributed by atoms with Crippen LogP contribution in [0.1, 0.15) is 65.2 Å². The lowest BCUT2D eigenvalue weighted by atomic mass is 9.81. The average Bonchev–Trinajstić information content (AvgIpc) is 2.34. The van der Waals surface area contributed by atoms with Crippen LogP contribution in [0.5, 0.6) is 0 Å². The molecule has 0 saturated carbocycles. The molecular formula is C16H28N2. The zero-order valence-electron chi connectivity index (χ0n) is 12.1. The van der Waals surface area contributed by atoms with E-state index in [0.29, 0.717) is 11.5 Å². The summed E-state index contributed by atoms with van der Waals surface area (Å²) in [7, 11) is 0. The molecule has 18 heavy (non-hydrogen) atoms. The molecule has 2 nitrogen and oxygen atoms in total. The van der Waals surface area contributed by atoms with Gasteiger partial charge in [0.2, 0.25) is 0 Å². The SMILES string of the molecule is CC1(C)CCCCCC2C=NC=CN2CCCC1. The van der Waals surface area contributed by atoms with Crippen molar-refractivity contribution in [3.05, 3.63) is 12.4 Å². The second-order valence-electron chi connectivity index (χ2n) is 6.62. The van der Waals surface area contributed by atoms with Crippen molar-refractivity contribution in [3.63, 3.8) is 0 Å². The number of aliphatic imine (C=N–C) groups is 1. The van der Waals surface area contributed by atoms with Crippen LogP contribution in [0.2, 0.25) is 0 Å². The minimum absolute atomic E-state index is 0.553. The fourth-order valence-electron chi connectivity index (χ4n) is 3.11. The van der Waals surface area contributed by atoms with Gasteiger partial charge >= 0.3 is 0 Å². The van der Waals surface area contributed by atoms with E-state index in [1.165, 1.54) is 57.9 Å². The van der Waals surface area contributed by atoms with Crippen LogP contribution in [0.15, 0.2) is 17.4 Å². The van der Waals surface area contributed by atoms with Gasteiger partial charge in [-0.2, -0.15) is 0 Å². The summed E-state index contributed by atoms with van der Waals surface area (Å²) in [6.07, 6.45) is 17.1. The molecule has 0 aromatic rings. The molecule has 1 atom stereocenters. The van der Waals surface area contributed by atoms with Gasteiger partial charge in [0.25, 0.3) is 0 Å². The molecular weight excluding hydrogens is 220 g/mol. The maximum Gasteiger partial charge on any atom is 0.0639 e. The van der Waals surface area contributed by atoms with E-state index >= 15 is 0 Å². The molecule has 1 unspecified atom stereocenters. The Balaban J connectivity index is 1.90. The quantitative estimate of drug-likeness (QED) is 0.621. The Kier molecular flexibility index (Phi) is 4.85. The van der Waals surface area contributed by atoms with Gasteiger partial charge in [0, 0.05) is 25.2 Å². The topological polar surface area (TPSA) is 15.6 Å². The molecule has 2 aliphatic heterocycles. The van der Waals surface area contributed by atoms with E-state index in [9.17, 15) is 0 Å². The molecule has 2 rings (SSSR count). The van der Waals surface area contributed by atoms with Crippen molar-refractivity contribution < 1.29 is 0 Å². The van der Waals surface area contributed by atoms with Crippen molar-refractivity contribution in [2.24, 2.45) is 10.4 Å². The van der Waals surface area contributed by atoms with E-state index in [4.69, 9.17) is 0 Å². The van der Waals surface area contributed by atoms with Crippen molar-refractivity contribution in [3.8, 4) is 0 Å². The second kappa shape index (κ2) is 6.40. The number of fused-ring (bicyclic) bond motifs is 1. The first-order chi connectivity index (χ1) is 8.67. The molecule has 0 spiro atoms. The van der Waals surface area contributed by atoms with E-state index in [2.05, 4.69) is 36.2 Å². The third kappa shape index (κ3) is 4.15. The Hall–Kier alpha value is -0.790. The zero-order valence-corrected chi connectivity index (χ0v) is 12.1.